The summed E-state index contributed by atoms with van der Waals surface area (Å²) >= 11 is 0. The molecule has 18 heavy (non-hydrogen) atoms. The van der Waals surface area contributed by atoms with E-state index in [0.29, 0.717) is 13.1 Å². The zero-order valence-corrected chi connectivity index (χ0v) is 11.1. The number of fused-ring (bicyclic) bond motifs is 1. The first-order valence-electron chi connectivity index (χ1n) is 5.70. The van der Waals surface area contributed by atoms with Gasteiger partial charge in [-0.05, 0) is 6.07 Å². The molecular formula is C14H16NO2P. The van der Waals surface area contributed by atoms with Crippen LogP contribution in [0.4, 0.5) is 5.88 Å². The van der Waals surface area contributed by atoms with E-state index in [2.05, 4.69) is 18.1 Å². The maximum Gasteiger partial charge on any atom is 0.210 e. The van der Waals surface area contributed by atoms with Gasteiger partial charge in [0.25, 0.3) is 0 Å². The molecule has 1 unspecified atom stereocenters. The number of benzene rings is 1. The third kappa shape index (κ3) is 2.69. The van der Waals surface area contributed by atoms with Crippen molar-refractivity contribution < 1.29 is 8.39 Å². The Kier molecular flexibility index (Phi) is 4.32. The maximum absolute atomic E-state index is 5.72. The number of hydrogen-bond acceptors (Lipinski definition) is 3. The lowest BCUT2D eigenvalue weighted by Gasteiger charge is -2.19. The molecule has 0 saturated carbocycles. The lowest BCUT2D eigenvalue weighted by molar-refractivity contribution is 0.602. The summed E-state index contributed by atoms with van der Waals surface area (Å²) in [4.78, 5) is 2.08. The first-order chi connectivity index (χ1) is 8.86. The molecular weight excluding hydrogens is 245 g/mol. The molecule has 1 aromatic heterocycles. The van der Waals surface area contributed by atoms with Gasteiger partial charge in [0.2, 0.25) is 14.6 Å². The molecule has 0 N–H and O–H groups in total. The van der Waals surface area contributed by atoms with E-state index < -0.39 is 0 Å². The Morgan fingerprint density at radius 2 is 1.89 bits per heavy atom. The van der Waals surface area contributed by atoms with Crippen LogP contribution in [0.1, 0.15) is 0 Å². The number of anilines is 1. The van der Waals surface area contributed by atoms with E-state index in [1.165, 1.54) is 0 Å². The van der Waals surface area contributed by atoms with Crippen LogP contribution < -0.4 is 4.90 Å². The van der Waals surface area contributed by atoms with E-state index in [-0.39, 0.29) is 8.67 Å². The van der Waals surface area contributed by atoms with Crippen LogP contribution in [0.5, 0.6) is 0 Å². The van der Waals surface area contributed by atoms with Crippen molar-refractivity contribution in [3.8, 4) is 0 Å². The number of nitrogens with zero attached hydrogens (tertiary/aromatic N) is 1. The quantitative estimate of drug-likeness (QED) is 0.749. The van der Waals surface area contributed by atoms with E-state index in [0.717, 1.165) is 16.7 Å². The van der Waals surface area contributed by atoms with Crippen LogP contribution in [0.15, 0.2) is 64.2 Å². The van der Waals surface area contributed by atoms with Crippen molar-refractivity contribution in [3.05, 3.63) is 55.8 Å². The predicted octanol–water partition coefficient (Wildman–Crippen LogP) is 4.36. The van der Waals surface area contributed by atoms with E-state index >= 15 is 0 Å². The molecule has 0 aliphatic heterocycles. The van der Waals surface area contributed by atoms with Gasteiger partial charge in [0.05, 0.1) is 0 Å². The first-order valence-corrected chi connectivity index (χ1v) is 6.52. The van der Waals surface area contributed by atoms with Crippen LogP contribution in [0, 0.1) is 0 Å². The minimum absolute atomic E-state index is 0.0298. The molecule has 0 fully saturated rings. The lowest BCUT2D eigenvalue weighted by Crippen LogP contribution is -2.22. The summed E-state index contributed by atoms with van der Waals surface area (Å²) in [7, 11) is -0.0298. The Morgan fingerprint density at radius 1 is 1.17 bits per heavy atom. The highest BCUT2D eigenvalue weighted by Crippen LogP contribution is 2.28. The molecule has 0 aliphatic carbocycles. The molecule has 1 heterocycles. The molecule has 0 saturated heterocycles. The Bertz CT molecular complexity index is 567. The van der Waals surface area contributed by atoms with Crippen molar-refractivity contribution in [2.75, 3.05) is 18.0 Å². The molecule has 0 bridgehead atoms. The number of hydrogen-bond donors (Lipinski definition) is 0. The predicted molar refractivity (Wildman–Crippen MR) is 78.2 cm³/mol. The molecule has 0 spiro atoms. The summed E-state index contributed by atoms with van der Waals surface area (Å²) in [5, 5.41) is 2.06. The molecule has 0 amide bonds. The van der Waals surface area contributed by atoms with Gasteiger partial charge in [-0.2, -0.15) is 0 Å². The van der Waals surface area contributed by atoms with Crippen LogP contribution in [0.2, 0.25) is 0 Å². The fourth-order valence-electron chi connectivity index (χ4n) is 1.79. The molecule has 1 aromatic carbocycles. The molecule has 94 valence electrons. The first kappa shape index (κ1) is 12.6. The summed E-state index contributed by atoms with van der Waals surface area (Å²) in [5.74, 6) is 0.817. The van der Waals surface area contributed by atoms with Crippen LogP contribution in [0.25, 0.3) is 10.8 Å². The van der Waals surface area contributed by atoms with Crippen molar-refractivity contribution in [2.45, 2.75) is 0 Å². The molecule has 0 radical (unpaired) electrons. The summed E-state index contributed by atoms with van der Waals surface area (Å²) in [5.41, 5.74) is 0. The topological polar surface area (TPSA) is 29.5 Å². The fraction of sp³-hybridized carbons (Fsp3) is 0.143. The third-order valence-corrected chi connectivity index (χ3v) is 3.04. The summed E-state index contributed by atoms with van der Waals surface area (Å²) < 4.78 is 11.1. The largest absolute Gasteiger partial charge is 0.429 e. The average Bonchev–Trinajstić information content (AvgIpc) is 2.61. The van der Waals surface area contributed by atoms with Gasteiger partial charge in [-0.3, -0.25) is 0 Å². The Morgan fingerprint density at radius 3 is 2.61 bits per heavy atom. The van der Waals surface area contributed by atoms with E-state index in [1.807, 2.05) is 36.4 Å². The van der Waals surface area contributed by atoms with Gasteiger partial charge in [0.15, 0.2) is 0 Å². The summed E-state index contributed by atoms with van der Waals surface area (Å²) in [6, 6.07) is 8.01. The van der Waals surface area contributed by atoms with Crippen molar-refractivity contribution in [3.63, 3.8) is 0 Å². The van der Waals surface area contributed by atoms with Gasteiger partial charge in [-0.1, -0.05) is 30.4 Å². The van der Waals surface area contributed by atoms with Crippen molar-refractivity contribution in [2.24, 2.45) is 0 Å². The second-order valence-corrected chi connectivity index (χ2v) is 4.40. The van der Waals surface area contributed by atoms with Crippen molar-refractivity contribution in [1.82, 2.24) is 0 Å². The van der Waals surface area contributed by atoms with Crippen LogP contribution in [-0.2, 0) is 0 Å². The monoisotopic (exact) mass is 261 g/mol. The summed E-state index contributed by atoms with van der Waals surface area (Å²) in [6.45, 7) is 8.97. The standard InChI is InChI=1S/C14H16NO2P/c1-3-9-15(10-4-2)14-13-8-6-5-7-12(13)11-16-18-17-14/h3-8,11,18H,1-2,9-10H2. The Hall–Kier alpha value is -1.86. The number of rotatable bonds is 5. The van der Waals surface area contributed by atoms with Crippen molar-refractivity contribution in [1.29, 1.82) is 0 Å². The summed E-state index contributed by atoms with van der Waals surface area (Å²) in [6.07, 6.45) is 5.43. The van der Waals surface area contributed by atoms with Gasteiger partial charge in [-0.25, -0.2) is 0 Å². The molecule has 3 nitrogen and oxygen atoms in total. The van der Waals surface area contributed by atoms with Crippen LogP contribution >= 0.6 is 8.67 Å². The third-order valence-electron chi connectivity index (χ3n) is 2.55. The highest BCUT2D eigenvalue weighted by atomic mass is 31.1. The van der Waals surface area contributed by atoms with Gasteiger partial charge in [0, 0.05) is 23.9 Å². The van der Waals surface area contributed by atoms with E-state index in [1.54, 1.807) is 6.26 Å². The van der Waals surface area contributed by atoms with Crippen molar-refractivity contribution >= 4 is 25.3 Å². The van der Waals surface area contributed by atoms with Crippen LogP contribution in [-0.4, -0.2) is 13.1 Å². The normalized spacial score (nSPS) is 10.4. The minimum Gasteiger partial charge on any atom is -0.429 e. The van der Waals surface area contributed by atoms with E-state index in [4.69, 9.17) is 8.39 Å². The van der Waals surface area contributed by atoms with E-state index in [9.17, 15) is 0 Å². The zero-order valence-electron chi connectivity index (χ0n) is 10.1. The SMILES string of the molecule is C=CCN(CC=C)c1o[pH]occ2ccccc12. The molecule has 2 aromatic rings. The maximum atomic E-state index is 5.72. The minimum atomic E-state index is -0.0298. The van der Waals surface area contributed by atoms with Gasteiger partial charge < -0.3 is 13.3 Å². The smallest absolute Gasteiger partial charge is 0.210 e. The van der Waals surface area contributed by atoms with Crippen LogP contribution in [0.3, 0.4) is 0 Å². The Labute approximate surface area is 108 Å². The highest BCUT2D eigenvalue weighted by Gasteiger charge is 2.09. The second-order valence-electron chi connectivity index (χ2n) is 3.80. The average molecular weight is 261 g/mol. The second kappa shape index (κ2) is 6.18. The molecule has 1 atom stereocenters. The van der Waals surface area contributed by atoms with Gasteiger partial charge >= 0.3 is 0 Å². The molecule has 0 aliphatic rings. The zero-order chi connectivity index (χ0) is 12.8. The highest BCUT2D eigenvalue weighted by molar-refractivity contribution is 7.15. The molecule has 4 heteroatoms. The lowest BCUT2D eigenvalue weighted by atomic mass is 10.2. The molecule has 2 rings (SSSR count). The van der Waals surface area contributed by atoms with Gasteiger partial charge in [-0.15, -0.1) is 13.2 Å². The fourth-order valence-corrected chi connectivity index (χ4v) is 2.33. The Balaban J connectivity index is 2.61. The van der Waals surface area contributed by atoms with Gasteiger partial charge in [0.1, 0.15) is 6.26 Å².